The number of benzene rings is 2. The third-order valence-electron chi connectivity index (χ3n) is 6.68. The fourth-order valence-electron chi connectivity index (χ4n) is 4.59. The zero-order valence-corrected chi connectivity index (χ0v) is 24.1. The van der Waals surface area contributed by atoms with Crippen molar-refractivity contribution in [2.45, 2.75) is 37.6 Å². The summed E-state index contributed by atoms with van der Waals surface area (Å²) in [6, 6.07) is 10.9. The summed E-state index contributed by atoms with van der Waals surface area (Å²) in [5, 5.41) is 2.08. The molecule has 9 nitrogen and oxygen atoms in total. The molecule has 0 N–H and O–H groups in total. The van der Waals surface area contributed by atoms with E-state index in [0.717, 1.165) is 28.9 Å². The molecule has 1 saturated heterocycles. The van der Waals surface area contributed by atoms with Gasteiger partial charge in [0.2, 0.25) is 15.8 Å². The lowest BCUT2D eigenvalue weighted by Crippen LogP contribution is -2.40. The van der Waals surface area contributed by atoms with Gasteiger partial charge in [-0.25, -0.2) is 13.4 Å². The van der Waals surface area contributed by atoms with Gasteiger partial charge in [0.1, 0.15) is 0 Å². The Morgan fingerprint density at radius 3 is 2.11 bits per heavy atom. The van der Waals surface area contributed by atoms with E-state index in [2.05, 4.69) is 23.8 Å². The number of aromatic nitrogens is 1. The maximum atomic E-state index is 13.0. The van der Waals surface area contributed by atoms with Gasteiger partial charge in [0.15, 0.2) is 16.3 Å². The van der Waals surface area contributed by atoms with Crippen molar-refractivity contribution in [3.8, 4) is 28.5 Å². The minimum Gasteiger partial charge on any atom is -0.493 e. The molecule has 0 radical (unpaired) electrons. The minimum atomic E-state index is -3.56. The SMILES string of the molecule is CCC(CC)n1c(-c2cc(OC)c(OC)c(OC)c2)csc1=Nc1ccc(S(=O)(=O)N2CCOCC2)cc1. The third kappa shape index (κ3) is 5.61. The third-order valence-corrected chi connectivity index (χ3v) is 9.43. The van der Waals surface area contributed by atoms with Crippen LogP contribution in [-0.4, -0.2) is 64.9 Å². The summed E-state index contributed by atoms with van der Waals surface area (Å²) >= 11 is 1.54. The summed E-state index contributed by atoms with van der Waals surface area (Å²) in [6.07, 6.45) is 1.85. The molecule has 38 heavy (non-hydrogen) atoms. The molecule has 4 rings (SSSR count). The van der Waals surface area contributed by atoms with Crippen LogP contribution in [0.2, 0.25) is 0 Å². The molecule has 1 aromatic heterocycles. The first-order valence-corrected chi connectivity index (χ1v) is 14.9. The predicted molar refractivity (Wildman–Crippen MR) is 148 cm³/mol. The molecule has 0 aliphatic carbocycles. The van der Waals surface area contributed by atoms with Crippen molar-refractivity contribution >= 4 is 27.0 Å². The van der Waals surface area contributed by atoms with Crippen LogP contribution >= 0.6 is 11.3 Å². The molecule has 0 amide bonds. The molecule has 3 aromatic rings. The van der Waals surface area contributed by atoms with E-state index in [-0.39, 0.29) is 10.9 Å². The van der Waals surface area contributed by atoms with Gasteiger partial charge < -0.3 is 23.5 Å². The molecule has 206 valence electrons. The molecule has 0 spiro atoms. The topological polar surface area (TPSA) is 91.6 Å². The summed E-state index contributed by atoms with van der Waals surface area (Å²) in [4.78, 5) is 6.01. The number of hydrogen-bond donors (Lipinski definition) is 0. The van der Waals surface area contributed by atoms with E-state index in [1.807, 2.05) is 12.1 Å². The van der Waals surface area contributed by atoms with E-state index in [0.29, 0.717) is 49.2 Å². The number of morpholine rings is 1. The minimum absolute atomic E-state index is 0.218. The van der Waals surface area contributed by atoms with Crippen LogP contribution in [0, 0.1) is 0 Å². The summed E-state index contributed by atoms with van der Waals surface area (Å²) in [6.45, 7) is 5.87. The zero-order valence-electron chi connectivity index (χ0n) is 22.5. The number of nitrogens with zero attached hydrogens (tertiary/aromatic N) is 3. The van der Waals surface area contributed by atoms with Crippen LogP contribution in [0.1, 0.15) is 32.7 Å². The molecule has 0 bridgehead atoms. The molecule has 0 unspecified atom stereocenters. The second-order valence-electron chi connectivity index (χ2n) is 8.78. The van der Waals surface area contributed by atoms with Gasteiger partial charge in [0, 0.05) is 30.1 Å². The standard InChI is InChI=1S/C27H35N3O6S2/c1-6-21(7-2)30-23(19-16-24(33-3)26(35-5)25(17-19)34-4)18-37-27(30)28-20-8-10-22(11-9-20)38(31,32)29-12-14-36-15-13-29/h8-11,16-18,21H,6-7,12-15H2,1-5H3. The second kappa shape index (κ2) is 12.3. The van der Waals surface area contributed by atoms with Gasteiger partial charge in [-0.15, -0.1) is 11.3 Å². The summed E-state index contributed by atoms with van der Waals surface area (Å²) < 4.78 is 51.7. The Morgan fingerprint density at radius 2 is 1.58 bits per heavy atom. The van der Waals surface area contributed by atoms with Gasteiger partial charge in [0.25, 0.3) is 0 Å². The molecule has 11 heteroatoms. The smallest absolute Gasteiger partial charge is 0.243 e. The Balaban J connectivity index is 1.77. The number of ether oxygens (including phenoxy) is 4. The first-order chi connectivity index (χ1) is 18.4. The molecule has 2 heterocycles. The molecular weight excluding hydrogens is 526 g/mol. The van der Waals surface area contributed by atoms with Crippen LogP contribution in [0.25, 0.3) is 11.3 Å². The average molecular weight is 562 g/mol. The van der Waals surface area contributed by atoms with Gasteiger partial charge in [0.05, 0.1) is 50.8 Å². The monoisotopic (exact) mass is 561 g/mol. The first-order valence-electron chi connectivity index (χ1n) is 12.6. The molecule has 0 saturated carbocycles. The zero-order chi connectivity index (χ0) is 27.3. The van der Waals surface area contributed by atoms with E-state index in [1.54, 1.807) is 45.6 Å². The summed E-state index contributed by atoms with van der Waals surface area (Å²) in [5.74, 6) is 1.71. The lowest BCUT2D eigenvalue weighted by Gasteiger charge is -2.26. The summed E-state index contributed by atoms with van der Waals surface area (Å²) in [5.41, 5.74) is 2.60. The second-order valence-corrected chi connectivity index (χ2v) is 11.6. The van der Waals surface area contributed by atoms with Gasteiger partial charge in [-0.05, 0) is 49.2 Å². The Kier molecular flexibility index (Phi) is 9.14. The molecule has 0 atom stereocenters. The highest BCUT2D eigenvalue weighted by atomic mass is 32.2. The Morgan fingerprint density at radius 1 is 0.974 bits per heavy atom. The van der Waals surface area contributed by atoms with Gasteiger partial charge in [-0.3, -0.25) is 0 Å². The fourth-order valence-corrected chi connectivity index (χ4v) is 6.98. The fraction of sp³-hybridized carbons (Fsp3) is 0.444. The van der Waals surface area contributed by atoms with E-state index >= 15 is 0 Å². The van der Waals surface area contributed by atoms with Crippen LogP contribution in [0.3, 0.4) is 0 Å². The Hall–Kier alpha value is -2.86. The van der Waals surface area contributed by atoms with Crippen LogP contribution in [0.4, 0.5) is 5.69 Å². The van der Waals surface area contributed by atoms with E-state index < -0.39 is 10.0 Å². The van der Waals surface area contributed by atoms with Crippen LogP contribution in [-0.2, 0) is 14.8 Å². The Labute approximate surface area is 228 Å². The highest BCUT2D eigenvalue weighted by Gasteiger charge is 2.26. The van der Waals surface area contributed by atoms with Crippen molar-refractivity contribution in [1.82, 2.24) is 8.87 Å². The van der Waals surface area contributed by atoms with E-state index in [4.69, 9.17) is 23.9 Å². The first kappa shape index (κ1) is 28.2. The predicted octanol–water partition coefficient (Wildman–Crippen LogP) is 4.86. The molecule has 1 aliphatic heterocycles. The van der Waals surface area contributed by atoms with Crippen molar-refractivity contribution in [1.29, 1.82) is 0 Å². The van der Waals surface area contributed by atoms with Crippen molar-refractivity contribution in [2.75, 3.05) is 47.6 Å². The van der Waals surface area contributed by atoms with E-state index in [9.17, 15) is 8.42 Å². The van der Waals surface area contributed by atoms with Gasteiger partial charge in [-0.1, -0.05) is 13.8 Å². The highest BCUT2D eigenvalue weighted by Crippen LogP contribution is 2.42. The number of rotatable bonds is 10. The van der Waals surface area contributed by atoms with Crippen LogP contribution in [0.5, 0.6) is 17.2 Å². The largest absolute Gasteiger partial charge is 0.493 e. The number of thiazole rings is 1. The Bertz CT molecular complexity index is 1380. The van der Waals surface area contributed by atoms with Crippen molar-refractivity contribution < 1.29 is 27.4 Å². The van der Waals surface area contributed by atoms with Crippen LogP contribution < -0.4 is 19.0 Å². The quantitative estimate of drug-likeness (QED) is 0.351. The normalized spacial score (nSPS) is 15.2. The molecule has 1 fully saturated rings. The average Bonchev–Trinajstić information content (AvgIpc) is 3.36. The lowest BCUT2D eigenvalue weighted by molar-refractivity contribution is 0.0730. The number of hydrogen-bond acceptors (Lipinski definition) is 8. The van der Waals surface area contributed by atoms with Crippen molar-refractivity contribution in [3.05, 3.63) is 46.6 Å². The molecule has 1 aliphatic rings. The van der Waals surface area contributed by atoms with Gasteiger partial charge in [-0.2, -0.15) is 4.31 Å². The summed E-state index contributed by atoms with van der Waals surface area (Å²) in [7, 11) is 1.24. The van der Waals surface area contributed by atoms with E-state index in [1.165, 1.54) is 15.6 Å². The van der Waals surface area contributed by atoms with Gasteiger partial charge >= 0.3 is 0 Å². The van der Waals surface area contributed by atoms with Crippen LogP contribution in [0.15, 0.2) is 51.7 Å². The maximum absolute atomic E-state index is 13.0. The maximum Gasteiger partial charge on any atom is 0.243 e. The lowest BCUT2D eigenvalue weighted by atomic mass is 10.1. The van der Waals surface area contributed by atoms with Crippen molar-refractivity contribution in [3.63, 3.8) is 0 Å². The molecule has 2 aromatic carbocycles. The van der Waals surface area contributed by atoms with Crippen molar-refractivity contribution in [2.24, 2.45) is 4.99 Å². The highest BCUT2D eigenvalue weighted by molar-refractivity contribution is 7.89. The number of methoxy groups -OCH3 is 3. The molecular formula is C27H35N3O6S2. The number of sulfonamides is 1.